The number of hydrogen-bond donors (Lipinski definition) is 1. The van der Waals surface area contributed by atoms with Crippen molar-refractivity contribution in [1.29, 1.82) is 0 Å². The number of hydrogen-bond acceptors (Lipinski definition) is 3. The lowest BCUT2D eigenvalue weighted by Crippen LogP contribution is -2.35. The Balaban J connectivity index is 2.04. The first kappa shape index (κ1) is 12.2. The fraction of sp³-hybridized carbons (Fsp3) is 0.312. The third-order valence-electron chi connectivity index (χ3n) is 3.83. The Morgan fingerprint density at radius 3 is 3.00 bits per heavy atom. The maximum Gasteiger partial charge on any atom is 0.137 e. The fourth-order valence-corrected chi connectivity index (χ4v) is 2.85. The Hall–Kier alpha value is -1.87. The molecule has 3 rings (SSSR count). The highest BCUT2D eigenvalue weighted by molar-refractivity contribution is 5.47. The van der Waals surface area contributed by atoms with Crippen LogP contribution in [0.4, 0.5) is 0 Å². The lowest BCUT2D eigenvalue weighted by atomic mass is 9.86. The maximum absolute atomic E-state index is 6.66. The number of benzene rings is 1. The smallest absolute Gasteiger partial charge is 0.137 e. The van der Waals surface area contributed by atoms with Gasteiger partial charge in [0, 0.05) is 6.20 Å². The second-order valence-corrected chi connectivity index (χ2v) is 4.97. The van der Waals surface area contributed by atoms with Crippen LogP contribution >= 0.6 is 0 Å². The van der Waals surface area contributed by atoms with Crippen molar-refractivity contribution in [3.8, 4) is 5.75 Å². The van der Waals surface area contributed by atoms with Crippen LogP contribution in [0.2, 0.25) is 0 Å². The lowest BCUT2D eigenvalue weighted by molar-refractivity contribution is 0.337. The predicted octanol–water partition coefficient (Wildman–Crippen LogP) is 2.63. The molecule has 1 atom stereocenters. The van der Waals surface area contributed by atoms with Gasteiger partial charge < -0.3 is 10.5 Å². The Morgan fingerprint density at radius 2 is 2.16 bits per heavy atom. The summed E-state index contributed by atoms with van der Waals surface area (Å²) in [5.41, 5.74) is 9.81. The summed E-state index contributed by atoms with van der Waals surface area (Å²) in [5, 5.41) is 0. The largest absolute Gasteiger partial charge is 0.492 e. The molecule has 1 aliphatic rings. The fourth-order valence-electron chi connectivity index (χ4n) is 2.85. The van der Waals surface area contributed by atoms with Crippen LogP contribution in [0.25, 0.3) is 0 Å². The molecular formula is C16H18N2O. The van der Waals surface area contributed by atoms with Gasteiger partial charge in [-0.05, 0) is 42.5 Å². The van der Waals surface area contributed by atoms with Gasteiger partial charge in [-0.2, -0.15) is 0 Å². The minimum absolute atomic E-state index is 0.434. The quantitative estimate of drug-likeness (QED) is 0.916. The number of ether oxygens (including phenoxy) is 1. The van der Waals surface area contributed by atoms with Crippen molar-refractivity contribution >= 4 is 0 Å². The monoisotopic (exact) mass is 254 g/mol. The van der Waals surface area contributed by atoms with Crippen LogP contribution in [0, 0.1) is 0 Å². The molecule has 0 fully saturated rings. The molecule has 3 nitrogen and oxygen atoms in total. The van der Waals surface area contributed by atoms with E-state index in [2.05, 4.69) is 23.2 Å². The van der Waals surface area contributed by atoms with Crippen LogP contribution in [0.15, 0.2) is 42.7 Å². The summed E-state index contributed by atoms with van der Waals surface area (Å²) >= 11 is 0. The Bertz CT molecular complexity index is 597. The molecule has 19 heavy (non-hydrogen) atoms. The second kappa shape index (κ2) is 4.67. The number of pyridine rings is 1. The molecule has 0 saturated heterocycles. The van der Waals surface area contributed by atoms with E-state index in [4.69, 9.17) is 10.5 Å². The lowest BCUT2D eigenvalue weighted by Gasteiger charge is -2.26. The van der Waals surface area contributed by atoms with Gasteiger partial charge in [0.1, 0.15) is 5.75 Å². The molecule has 1 aliphatic carbocycles. The zero-order valence-corrected chi connectivity index (χ0v) is 11.1. The maximum atomic E-state index is 6.66. The molecule has 1 unspecified atom stereocenters. The number of rotatable bonds is 3. The molecule has 0 spiro atoms. The van der Waals surface area contributed by atoms with E-state index in [-0.39, 0.29) is 0 Å². The van der Waals surface area contributed by atoms with Gasteiger partial charge in [-0.15, -0.1) is 0 Å². The molecule has 0 bridgehead atoms. The van der Waals surface area contributed by atoms with Crippen molar-refractivity contribution in [2.45, 2.75) is 25.3 Å². The van der Waals surface area contributed by atoms with Crippen molar-refractivity contribution in [1.82, 2.24) is 4.98 Å². The first-order valence-electron chi connectivity index (χ1n) is 6.69. The van der Waals surface area contributed by atoms with Gasteiger partial charge >= 0.3 is 0 Å². The molecule has 0 saturated carbocycles. The molecular weight excluding hydrogens is 236 g/mol. The number of nitrogens with two attached hydrogens (primary N) is 1. The number of fused-ring (bicyclic) bond motifs is 1. The number of aromatic nitrogens is 1. The topological polar surface area (TPSA) is 48.1 Å². The summed E-state index contributed by atoms with van der Waals surface area (Å²) < 4.78 is 5.52. The van der Waals surface area contributed by atoms with Crippen molar-refractivity contribution in [2.75, 3.05) is 6.61 Å². The summed E-state index contributed by atoms with van der Waals surface area (Å²) in [6, 6.07) is 10.4. The van der Waals surface area contributed by atoms with E-state index >= 15 is 0 Å². The highest BCUT2D eigenvalue weighted by Gasteiger charge is 2.36. The van der Waals surface area contributed by atoms with Gasteiger partial charge in [0.25, 0.3) is 0 Å². The first-order valence-corrected chi connectivity index (χ1v) is 6.69. The van der Waals surface area contributed by atoms with Gasteiger partial charge in [0.15, 0.2) is 0 Å². The highest BCUT2D eigenvalue weighted by atomic mass is 16.5. The average Bonchev–Trinajstić information content (AvgIpc) is 2.79. The third-order valence-corrected chi connectivity index (χ3v) is 3.83. The van der Waals surface area contributed by atoms with E-state index in [1.54, 1.807) is 6.20 Å². The molecule has 3 heteroatoms. The van der Waals surface area contributed by atoms with E-state index in [1.165, 1.54) is 11.1 Å². The SMILES string of the molecule is CCOc1cncc(C2(N)CCc3ccccc32)c1. The van der Waals surface area contributed by atoms with E-state index in [0.29, 0.717) is 6.61 Å². The van der Waals surface area contributed by atoms with E-state index in [9.17, 15) is 0 Å². The zero-order chi connectivity index (χ0) is 13.3. The minimum atomic E-state index is -0.434. The molecule has 1 aromatic heterocycles. The van der Waals surface area contributed by atoms with E-state index in [0.717, 1.165) is 24.2 Å². The molecule has 0 aliphatic heterocycles. The number of nitrogens with zero attached hydrogens (tertiary/aromatic N) is 1. The van der Waals surface area contributed by atoms with E-state index < -0.39 is 5.54 Å². The normalized spacial score (nSPS) is 21.2. The molecule has 0 amide bonds. The van der Waals surface area contributed by atoms with E-state index in [1.807, 2.05) is 25.3 Å². The highest BCUT2D eigenvalue weighted by Crippen LogP contribution is 2.40. The van der Waals surface area contributed by atoms with Gasteiger partial charge in [-0.3, -0.25) is 4.98 Å². The predicted molar refractivity (Wildman–Crippen MR) is 75.1 cm³/mol. The van der Waals surface area contributed by atoms with Crippen LogP contribution in [0.5, 0.6) is 5.75 Å². The second-order valence-electron chi connectivity index (χ2n) is 4.97. The average molecular weight is 254 g/mol. The molecule has 1 heterocycles. The Morgan fingerprint density at radius 1 is 1.32 bits per heavy atom. The van der Waals surface area contributed by atoms with Crippen LogP contribution < -0.4 is 10.5 Å². The third kappa shape index (κ3) is 2.00. The minimum Gasteiger partial charge on any atom is -0.492 e. The van der Waals surface area contributed by atoms with Gasteiger partial charge in [-0.25, -0.2) is 0 Å². The molecule has 2 N–H and O–H groups in total. The van der Waals surface area contributed by atoms with Gasteiger partial charge in [0.2, 0.25) is 0 Å². The molecule has 2 aromatic rings. The molecule has 1 aromatic carbocycles. The van der Waals surface area contributed by atoms with Crippen LogP contribution in [-0.2, 0) is 12.0 Å². The molecule has 0 radical (unpaired) electrons. The summed E-state index contributed by atoms with van der Waals surface area (Å²) in [4.78, 5) is 4.26. The zero-order valence-electron chi connectivity index (χ0n) is 11.1. The summed E-state index contributed by atoms with van der Waals surface area (Å²) in [6.45, 7) is 2.61. The standard InChI is InChI=1S/C16H18N2O/c1-2-19-14-9-13(10-18-11-14)16(17)8-7-12-5-3-4-6-15(12)16/h3-6,9-11H,2,7-8,17H2,1H3. The van der Waals surface area contributed by atoms with Crippen molar-refractivity contribution < 1.29 is 4.74 Å². The van der Waals surface area contributed by atoms with Crippen LogP contribution in [0.3, 0.4) is 0 Å². The Kier molecular flexibility index (Phi) is 2.99. The summed E-state index contributed by atoms with van der Waals surface area (Å²) in [7, 11) is 0. The Labute approximate surface area is 113 Å². The van der Waals surface area contributed by atoms with Gasteiger partial charge in [-0.1, -0.05) is 24.3 Å². The first-order chi connectivity index (χ1) is 9.24. The van der Waals surface area contributed by atoms with Crippen molar-refractivity contribution in [3.63, 3.8) is 0 Å². The summed E-state index contributed by atoms with van der Waals surface area (Å²) in [6.07, 6.45) is 5.52. The molecule has 98 valence electrons. The van der Waals surface area contributed by atoms with Crippen LogP contribution in [-0.4, -0.2) is 11.6 Å². The van der Waals surface area contributed by atoms with Crippen LogP contribution in [0.1, 0.15) is 30.0 Å². The summed E-state index contributed by atoms with van der Waals surface area (Å²) in [5.74, 6) is 0.786. The van der Waals surface area contributed by atoms with Crippen molar-refractivity contribution in [3.05, 3.63) is 59.4 Å². The van der Waals surface area contributed by atoms with Crippen molar-refractivity contribution in [2.24, 2.45) is 5.73 Å². The van der Waals surface area contributed by atoms with Gasteiger partial charge in [0.05, 0.1) is 18.3 Å². The number of aryl methyl sites for hydroxylation is 1.